The van der Waals surface area contributed by atoms with Crippen LogP contribution in [0.5, 0.6) is 0 Å². The number of rotatable bonds is 4. The molecule has 1 aliphatic rings. The van der Waals surface area contributed by atoms with Gasteiger partial charge in [-0.15, -0.1) is 0 Å². The maximum absolute atomic E-state index is 13.0. The van der Waals surface area contributed by atoms with Crippen molar-refractivity contribution in [3.05, 3.63) is 59.5 Å². The van der Waals surface area contributed by atoms with Gasteiger partial charge in [-0.3, -0.25) is 9.59 Å². The third kappa shape index (κ3) is 4.45. The molecular weight excluding hydrogens is 333 g/mol. The van der Waals surface area contributed by atoms with Crippen molar-refractivity contribution in [1.82, 2.24) is 9.88 Å². The molecule has 1 saturated heterocycles. The lowest BCUT2D eigenvalue weighted by Gasteiger charge is -2.32. The number of pyridine rings is 1. The topological polar surface area (TPSA) is 62.3 Å². The van der Waals surface area contributed by atoms with Crippen molar-refractivity contribution in [3.8, 4) is 0 Å². The van der Waals surface area contributed by atoms with Gasteiger partial charge in [0.25, 0.3) is 0 Å². The first-order chi connectivity index (χ1) is 12.5. The molecule has 1 aliphatic heterocycles. The van der Waals surface area contributed by atoms with Crippen LogP contribution < -0.4 is 5.32 Å². The van der Waals surface area contributed by atoms with Crippen LogP contribution in [0.1, 0.15) is 24.0 Å². The highest BCUT2D eigenvalue weighted by Crippen LogP contribution is 2.20. The van der Waals surface area contributed by atoms with E-state index >= 15 is 0 Å². The number of nitrogens with one attached hydrogen (secondary N) is 1. The summed E-state index contributed by atoms with van der Waals surface area (Å²) in [6, 6.07) is 9.65. The van der Waals surface area contributed by atoms with Crippen LogP contribution in [0.25, 0.3) is 0 Å². The van der Waals surface area contributed by atoms with Crippen molar-refractivity contribution in [2.24, 2.45) is 5.92 Å². The predicted octanol–water partition coefficient (Wildman–Crippen LogP) is 2.95. The van der Waals surface area contributed by atoms with E-state index in [1.54, 1.807) is 23.2 Å². The summed E-state index contributed by atoms with van der Waals surface area (Å²) in [5.41, 5.74) is 1.67. The number of carbonyl (C=O) groups is 2. The first kappa shape index (κ1) is 18.0. The highest BCUT2D eigenvalue weighted by Gasteiger charge is 2.28. The molecule has 0 radical (unpaired) electrons. The van der Waals surface area contributed by atoms with Gasteiger partial charge in [-0.25, -0.2) is 9.37 Å². The Bertz CT molecular complexity index is 792. The Morgan fingerprint density at radius 1 is 1.27 bits per heavy atom. The number of nitrogens with zero attached hydrogens (tertiary/aromatic N) is 2. The van der Waals surface area contributed by atoms with E-state index in [9.17, 15) is 14.0 Å². The summed E-state index contributed by atoms with van der Waals surface area (Å²) >= 11 is 0. The van der Waals surface area contributed by atoms with Crippen LogP contribution in [-0.4, -0.2) is 34.8 Å². The first-order valence-corrected chi connectivity index (χ1v) is 8.77. The number of hydrogen-bond acceptors (Lipinski definition) is 3. The molecule has 1 unspecified atom stereocenters. The SMILES string of the molecule is Cc1cccnc1NC(=O)C1CCCN(C(=O)Cc2ccc(F)cc2)C1. The molecule has 1 aromatic carbocycles. The number of carbonyl (C=O) groups excluding carboxylic acids is 2. The van der Waals surface area contributed by atoms with E-state index in [4.69, 9.17) is 0 Å². The molecule has 136 valence electrons. The van der Waals surface area contributed by atoms with E-state index in [0.717, 1.165) is 24.0 Å². The largest absolute Gasteiger partial charge is 0.342 e. The molecule has 26 heavy (non-hydrogen) atoms. The third-order valence-corrected chi connectivity index (χ3v) is 4.66. The number of anilines is 1. The second kappa shape index (κ2) is 8.08. The van der Waals surface area contributed by atoms with Gasteiger partial charge in [0.1, 0.15) is 11.6 Å². The highest BCUT2D eigenvalue weighted by molar-refractivity contribution is 5.93. The van der Waals surface area contributed by atoms with Gasteiger partial charge in [-0.2, -0.15) is 0 Å². The zero-order valence-electron chi connectivity index (χ0n) is 14.7. The van der Waals surface area contributed by atoms with E-state index in [0.29, 0.717) is 18.9 Å². The quantitative estimate of drug-likeness (QED) is 0.917. The second-order valence-electron chi connectivity index (χ2n) is 6.64. The van der Waals surface area contributed by atoms with Crippen LogP contribution in [-0.2, 0) is 16.0 Å². The summed E-state index contributed by atoms with van der Waals surface area (Å²) < 4.78 is 13.0. The van der Waals surface area contributed by atoms with Crippen LogP contribution in [0.3, 0.4) is 0 Å². The molecule has 1 atom stereocenters. The number of hydrogen-bond donors (Lipinski definition) is 1. The van der Waals surface area contributed by atoms with Gasteiger partial charge >= 0.3 is 0 Å². The average Bonchev–Trinajstić information content (AvgIpc) is 2.65. The molecule has 0 bridgehead atoms. The van der Waals surface area contributed by atoms with Crippen molar-refractivity contribution < 1.29 is 14.0 Å². The molecule has 1 fully saturated rings. The molecule has 1 aromatic heterocycles. The molecule has 1 N–H and O–H groups in total. The fourth-order valence-corrected chi connectivity index (χ4v) is 3.14. The van der Waals surface area contributed by atoms with Gasteiger partial charge in [0.05, 0.1) is 12.3 Å². The van der Waals surface area contributed by atoms with E-state index in [2.05, 4.69) is 10.3 Å². The minimum Gasteiger partial charge on any atom is -0.342 e. The number of aromatic nitrogens is 1. The Kier molecular flexibility index (Phi) is 5.61. The molecule has 0 aliphatic carbocycles. The summed E-state index contributed by atoms with van der Waals surface area (Å²) in [6.07, 6.45) is 3.39. The van der Waals surface area contributed by atoms with Gasteiger partial charge in [0.15, 0.2) is 0 Å². The smallest absolute Gasteiger partial charge is 0.230 e. The molecule has 0 spiro atoms. The maximum atomic E-state index is 13.0. The van der Waals surface area contributed by atoms with E-state index < -0.39 is 0 Å². The second-order valence-corrected chi connectivity index (χ2v) is 6.64. The summed E-state index contributed by atoms with van der Waals surface area (Å²) in [4.78, 5) is 31.0. The Hall–Kier alpha value is -2.76. The third-order valence-electron chi connectivity index (χ3n) is 4.66. The summed E-state index contributed by atoms with van der Waals surface area (Å²) in [5, 5.41) is 2.87. The Labute approximate surface area is 152 Å². The number of piperidine rings is 1. The summed E-state index contributed by atoms with van der Waals surface area (Å²) in [7, 11) is 0. The number of benzene rings is 1. The zero-order valence-corrected chi connectivity index (χ0v) is 14.7. The van der Waals surface area contributed by atoms with Crippen molar-refractivity contribution in [2.45, 2.75) is 26.2 Å². The van der Waals surface area contributed by atoms with E-state index in [1.807, 2.05) is 19.1 Å². The lowest BCUT2D eigenvalue weighted by Crippen LogP contribution is -2.44. The molecule has 5 nitrogen and oxygen atoms in total. The standard InChI is InChI=1S/C20H22FN3O2/c1-14-4-2-10-22-19(14)23-20(26)16-5-3-11-24(13-16)18(25)12-15-6-8-17(21)9-7-15/h2,4,6-10,16H,3,5,11-13H2,1H3,(H,22,23,26). The predicted molar refractivity (Wildman–Crippen MR) is 97.0 cm³/mol. The molecule has 2 heterocycles. The lowest BCUT2D eigenvalue weighted by atomic mass is 9.96. The number of likely N-dealkylation sites (tertiary alicyclic amines) is 1. The van der Waals surface area contributed by atoms with Gasteiger partial charge in [-0.05, 0) is 49.1 Å². The fourth-order valence-electron chi connectivity index (χ4n) is 3.14. The first-order valence-electron chi connectivity index (χ1n) is 8.77. The van der Waals surface area contributed by atoms with Crippen molar-refractivity contribution in [3.63, 3.8) is 0 Å². The van der Waals surface area contributed by atoms with Crippen LogP contribution in [0.15, 0.2) is 42.6 Å². The van der Waals surface area contributed by atoms with Crippen LogP contribution in [0, 0.1) is 18.7 Å². The van der Waals surface area contributed by atoms with Crippen molar-refractivity contribution in [1.29, 1.82) is 0 Å². The molecule has 3 rings (SSSR count). The summed E-state index contributed by atoms with van der Waals surface area (Å²) in [5.74, 6) is -0.149. The average molecular weight is 355 g/mol. The monoisotopic (exact) mass is 355 g/mol. The minimum atomic E-state index is -0.319. The summed E-state index contributed by atoms with van der Waals surface area (Å²) in [6.45, 7) is 2.94. The minimum absolute atomic E-state index is 0.0388. The van der Waals surface area contributed by atoms with Crippen molar-refractivity contribution in [2.75, 3.05) is 18.4 Å². The van der Waals surface area contributed by atoms with Crippen LogP contribution in [0.2, 0.25) is 0 Å². The molecule has 2 amide bonds. The molecule has 6 heteroatoms. The number of aryl methyl sites for hydroxylation is 1. The maximum Gasteiger partial charge on any atom is 0.230 e. The van der Waals surface area contributed by atoms with Gasteiger partial charge in [-0.1, -0.05) is 18.2 Å². The van der Waals surface area contributed by atoms with Crippen LogP contribution in [0.4, 0.5) is 10.2 Å². The zero-order chi connectivity index (χ0) is 18.5. The normalized spacial score (nSPS) is 17.0. The van der Waals surface area contributed by atoms with Crippen molar-refractivity contribution >= 4 is 17.6 Å². The molecule has 0 saturated carbocycles. The van der Waals surface area contributed by atoms with Gasteiger partial charge in [0.2, 0.25) is 11.8 Å². The number of halogens is 1. The molecule has 2 aromatic rings. The van der Waals surface area contributed by atoms with Crippen LogP contribution >= 0.6 is 0 Å². The van der Waals surface area contributed by atoms with E-state index in [1.165, 1.54) is 12.1 Å². The lowest BCUT2D eigenvalue weighted by molar-refractivity contribution is -0.133. The van der Waals surface area contributed by atoms with E-state index in [-0.39, 0.29) is 30.0 Å². The van der Waals surface area contributed by atoms with Gasteiger partial charge in [0, 0.05) is 19.3 Å². The molecular formula is C20H22FN3O2. The highest BCUT2D eigenvalue weighted by atomic mass is 19.1. The Morgan fingerprint density at radius 3 is 2.77 bits per heavy atom. The number of amides is 2. The van der Waals surface area contributed by atoms with Gasteiger partial charge < -0.3 is 10.2 Å². The Morgan fingerprint density at radius 2 is 2.04 bits per heavy atom. The fraction of sp³-hybridized carbons (Fsp3) is 0.350. The Balaban J connectivity index is 1.59.